The number of amidine groups is 1. The highest BCUT2D eigenvalue weighted by molar-refractivity contribution is 5.73. The van der Waals surface area contributed by atoms with Gasteiger partial charge in [0.15, 0.2) is 0 Å². The maximum atomic E-state index is 5.54. The molecule has 0 aliphatic rings. The van der Waals surface area contributed by atoms with Crippen molar-refractivity contribution in [3.8, 4) is 0 Å². The van der Waals surface area contributed by atoms with Gasteiger partial charge in [0.25, 0.3) is 12.0 Å². The number of aromatic nitrogens is 2. The molecule has 1 heterocycles. The van der Waals surface area contributed by atoms with E-state index in [-0.39, 0.29) is 6.02 Å². The standard InChI is InChI=1S/C10H16N4O/c1-2-3-4-8-15-9(11)14-10-12-6-5-7-13-10/h5-7H,2-4,8H2,1H3,(H2,11,12,13,14). The van der Waals surface area contributed by atoms with Crippen LogP contribution < -0.4 is 5.73 Å². The summed E-state index contributed by atoms with van der Waals surface area (Å²) in [5, 5.41) is 0. The number of unbranched alkanes of at least 4 members (excludes halogenated alkanes) is 2. The van der Waals surface area contributed by atoms with E-state index in [4.69, 9.17) is 10.5 Å². The van der Waals surface area contributed by atoms with Crippen LogP contribution >= 0.6 is 0 Å². The molecule has 5 nitrogen and oxygen atoms in total. The van der Waals surface area contributed by atoms with Crippen LogP contribution in [-0.4, -0.2) is 22.6 Å². The minimum absolute atomic E-state index is 0.123. The van der Waals surface area contributed by atoms with Gasteiger partial charge < -0.3 is 10.5 Å². The van der Waals surface area contributed by atoms with Gasteiger partial charge in [-0.15, -0.1) is 0 Å². The third-order valence-electron chi connectivity index (χ3n) is 1.76. The minimum atomic E-state index is 0.123. The molecular formula is C10H16N4O. The zero-order valence-corrected chi connectivity index (χ0v) is 8.89. The lowest BCUT2D eigenvalue weighted by molar-refractivity contribution is 0.289. The summed E-state index contributed by atoms with van der Waals surface area (Å²) < 4.78 is 5.20. The topological polar surface area (TPSA) is 73.4 Å². The van der Waals surface area contributed by atoms with E-state index in [0.29, 0.717) is 12.6 Å². The maximum absolute atomic E-state index is 5.54. The predicted octanol–water partition coefficient (Wildman–Crippen LogP) is 1.63. The Morgan fingerprint density at radius 2 is 2.13 bits per heavy atom. The first kappa shape index (κ1) is 11.4. The van der Waals surface area contributed by atoms with Gasteiger partial charge in [-0.1, -0.05) is 19.8 Å². The summed E-state index contributed by atoms with van der Waals surface area (Å²) in [7, 11) is 0. The molecule has 5 heteroatoms. The molecule has 0 saturated heterocycles. The van der Waals surface area contributed by atoms with Crippen molar-refractivity contribution in [1.29, 1.82) is 0 Å². The molecule has 0 aliphatic heterocycles. The van der Waals surface area contributed by atoms with Crippen molar-refractivity contribution in [3.05, 3.63) is 18.5 Å². The first-order chi connectivity index (χ1) is 7.33. The van der Waals surface area contributed by atoms with Gasteiger partial charge in [-0.2, -0.15) is 4.99 Å². The molecule has 0 bridgehead atoms. The third kappa shape index (κ3) is 4.95. The lowest BCUT2D eigenvalue weighted by Gasteiger charge is -2.03. The van der Waals surface area contributed by atoms with E-state index in [1.54, 1.807) is 18.5 Å². The van der Waals surface area contributed by atoms with Crippen molar-refractivity contribution in [2.24, 2.45) is 10.7 Å². The van der Waals surface area contributed by atoms with Crippen LogP contribution in [0.1, 0.15) is 26.2 Å². The Labute approximate surface area is 89.4 Å². The Hall–Kier alpha value is -1.65. The molecule has 0 atom stereocenters. The zero-order valence-electron chi connectivity index (χ0n) is 8.89. The van der Waals surface area contributed by atoms with E-state index in [1.165, 1.54) is 0 Å². The van der Waals surface area contributed by atoms with Crippen molar-refractivity contribution in [2.75, 3.05) is 6.61 Å². The predicted molar refractivity (Wildman–Crippen MR) is 58.8 cm³/mol. The lowest BCUT2D eigenvalue weighted by Crippen LogP contribution is -2.16. The second kappa shape index (κ2) is 6.75. The molecule has 0 unspecified atom stereocenters. The highest BCUT2D eigenvalue weighted by atomic mass is 16.5. The largest absolute Gasteiger partial charge is 0.465 e. The molecule has 0 aliphatic carbocycles. The Morgan fingerprint density at radius 3 is 2.80 bits per heavy atom. The number of nitrogens with two attached hydrogens (primary N) is 1. The first-order valence-corrected chi connectivity index (χ1v) is 5.07. The maximum Gasteiger partial charge on any atom is 0.290 e. The molecule has 0 amide bonds. The van der Waals surface area contributed by atoms with Crippen LogP contribution in [0.2, 0.25) is 0 Å². The molecule has 82 valence electrons. The Bertz CT molecular complexity index is 300. The fraction of sp³-hybridized carbons (Fsp3) is 0.500. The Kier molecular flexibility index (Phi) is 5.14. The second-order valence-corrected chi connectivity index (χ2v) is 3.05. The molecule has 2 N–H and O–H groups in total. The fourth-order valence-electron chi connectivity index (χ4n) is 1.01. The Morgan fingerprint density at radius 1 is 1.40 bits per heavy atom. The highest BCUT2D eigenvalue weighted by Gasteiger charge is 1.95. The van der Waals surface area contributed by atoms with Crippen LogP contribution in [0.15, 0.2) is 23.5 Å². The molecule has 1 rings (SSSR count). The molecule has 0 aromatic carbocycles. The van der Waals surface area contributed by atoms with Crippen LogP contribution in [-0.2, 0) is 4.74 Å². The Balaban J connectivity index is 2.33. The number of hydrogen-bond acceptors (Lipinski definition) is 4. The quantitative estimate of drug-likeness (QED) is 0.453. The monoisotopic (exact) mass is 208 g/mol. The second-order valence-electron chi connectivity index (χ2n) is 3.05. The van der Waals surface area contributed by atoms with Gasteiger partial charge in [-0.3, -0.25) is 0 Å². The average molecular weight is 208 g/mol. The van der Waals surface area contributed by atoms with Crippen LogP contribution in [0.4, 0.5) is 5.95 Å². The van der Waals surface area contributed by atoms with Crippen molar-refractivity contribution >= 4 is 12.0 Å². The molecule has 0 radical (unpaired) electrons. The van der Waals surface area contributed by atoms with Gasteiger partial charge in [-0.05, 0) is 12.5 Å². The molecule has 0 spiro atoms. The molecule has 1 aromatic heterocycles. The normalized spacial score (nSPS) is 11.4. The number of rotatable bonds is 5. The molecule has 0 saturated carbocycles. The smallest absolute Gasteiger partial charge is 0.290 e. The number of ether oxygens (including phenoxy) is 1. The molecule has 1 aromatic rings. The summed E-state index contributed by atoms with van der Waals surface area (Å²) in [4.78, 5) is 11.7. The van der Waals surface area contributed by atoms with Crippen molar-refractivity contribution in [1.82, 2.24) is 9.97 Å². The molecule has 0 fully saturated rings. The summed E-state index contributed by atoms with van der Waals surface area (Å²) >= 11 is 0. The van der Waals surface area contributed by atoms with Crippen molar-refractivity contribution in [3.63, 3.8) is 0 Å². The van der Waals surface area contributed by atoms with Crippen molar-refractivity contribution in [2.45, 2.75) is 26.2 Å². The van der Waals surface area contributed by atoms with Gasteiger partial charge in [0, 0.05) is 12.4 Å². The lowest BCUT2D eigenvalue weighted by atomic mass is 10.3. The van der Waals surface area contributed by atoms with Gasteiger partial charge in [0.2, 0.25) is 0 Å². The summed E-state index contributed by atoms with van der Waals surface area (Å²) in [6.45, 7) is 2.73. The number of nitrogens with zero attached hydrogens (tertiary/aromatic N) is 3. The van der Waals surface area contributed by atoms with Crippen LogP contribution in [0.5, 0.6) is 0 Å². The van der Waals surface area contributed by atoms with Crippen LogP contribution in [0, 0.1) is 0 Å². The van der Waals surface area contributed by atoms with E-state index in [2.05, 4.69) is 21.9 Å². The minimum Gasteiger partial charge on any atom is -0.465 e. The van der Waals surface area contributed by atoms with E-state index in [0.717, 1.165) is 19.3 Å². The summed E-state index contributed by atoms with van der Waals surface area (Å²) in [6, 6.07) is 1.84. The number of hydrogen-bond donors (Lipinski definition) is 1. The summed E-state index contributed by atoms with van der Waals surface area (Å²) in [5.74, 6) is 0.325. The number of aliphatic imine (C=N–C) groups is 1. The van der Waals surface area contributed by atoms with Gasteiger partial charge in [0.05, 0.1) is 6.61 Å². The van der Waals surface area contributed by atoms with Gasteiger partial charge >= 0.3 is 0 Å². The van der Waals surface area contributed by atoms with Crippen LogP contribution in [0.3, 0.4) is 0 Å². The highest BCUT2D eigenvalue weighted by Crippen LogP contribution is 2.00. The van der Waals surface area contributed by atoms with E-state index in [9.17, 15) is 0 Å². The molecule has 15 heavy (non-hydrogen) atoms. The third-order valence-corrected chi connectivity index (χ3v) is 1.76. The zero-order chi connectivity index (χ0) is 10.9. The van der Waals surface area contributed by atoms with Gasteiger partial charge in [0.1, 0.15) is 0 Å². The molecular weight excluding hydrogens is 192 g/mol. The fourth-order valence-corrected chi connectivity index (χ4v) is 1.01. The van der Waals surface area contributed by atoms with E-state index >= 15 is 0 Å². The average Bonchev–Trinajstić information content (AvgIpc) is 2.26. The SMILES string of the molecule is CCCCCOC(N)=Nc1ncccn1. The van der Waals surface area contributed by atoms with Crippen molar-refractivity contribution < 1.29 is 4.74 Å². The van der Waals surface area contributed by atoms with E-state index in [1.807, 2.05) is 0 Å². The summed E-state index contributed by atoms with van der Waals surface area (Å²) in [6.07, 6.45) is 6.49. The van der Waals surface area contributed by atoms with Gasteiger partial charge in [-0.25, -0.2) is 9.97 Å². The summed E-state index contributed by atoms with van der Waals surface area (Å²) in [5.41, 5.74) is 5.54. The van der Waals surface area contributed by atoms with Crippen LogP contribution in [0.25, 0.3) is 0 Å². The first-order valence-electron chi connectivity index (χ1n) is 5.07. The van der Waals surface area contributed by atoms with E-state index < -0.39 is 0 Å².